The van der Waals surface area contributed by atoms with Gasteiger partial charge < -0.3 is 10.2 Å². The minimum atomic E-state index is -4.24. The molecule has 1 heterocycles. The molecule has 1 N–H and O–H groups in total. The number of likely N-dealkylation sites (tertiary alicyclic amines) is 1. The van der Waals surface area contributed by atoms with Crippen LogP contribution in [0.2, 0.25) is 0 Å². The number of amides is 1. The van der Waals surface area contributed by atoms with Gasteiger partial charge in [0.25, 0.3) is 0 Å². The second-order valence-corrected chi connectivity index (χ2v) is 4.75. The number of carbonyl (C=O) groups excluding carboxylic acids is 1. The summed E-state index contributed by atoms with van der Waals surface area (Å²) in [6, 6.07) is 0.230. The van der Waals surface area contributed by atoms with Gasteiger partial charge in [0.05, 0.1) is 6.42 Å². The molecule has 0 spiro atoms. The molecule has 1 aliphatic rings. The highest BCUT2D eigenvalue weighted by atomic mass is 19.4. The number of carbonyl (C=O) groups is 1. The highest BCUT2D eigenvalue weighted by molar-refractivity contribution is 5.76. The van der Waals surface area contributed by atoms with Gasteiger partial charge in [-0.25, -0.2) is 0 Å². The van der Waals surface area contributed by atoms with Crippen molar-refractivity contribution in [2.75, 3.05) is 19.6 Å². The van der Waals surface area contributed by atoms with Gasteiger partial charge in [0.2, 0.25) is 5.91 Å². The summed E-state index contributed by atoms with van der Waals surface area (Å²) < 4.78 is 36.1. The van der Waals surface area contributed by atoms with Crippen LogP contribution in [0, 0.1) is 0 Å². The Labute approximate surface area is 106 Å². The molecule has 0 bridgehead atoms. The van der Waals surface area contributed by atoms with Crippen molar-refractivity contribution >= 4 is 5.91 Å². The average molecular weight is 266 g/mol. The molecule has 3 nitrogen and oxygen atoms in total. The van der Waals surface area contributed by atoms with Crippen LogP contribution in [-0.4, -0.2) is 42.7 Å². The number of nitrogens with one attached hydrogen (secondary N) is 1. The molecule has 106 valence electrons. The van der Waals surface area contributed by atoms with E-state index >= 15 is 0 Å². The third kappa shape index (κ3) is 5.71. The standard InChI is InChI=1S/C12H21F3N2O/c1-2-7-16-10-4-3-8-17(9-10)11(18)5-6-12(13,14)15/h10,16H,2-9H2,1H3. The van der Waals surface area contributed by atoms with Crippen molar-refractivity contribution in [3.05, 3.63) is 0 Å². The Morgan fingerprint density at radius 2 is 2.17 bits per heavy atom. The highest BCUT2D eigenvalue weighted by Crippen LogP contribution is 2.22. The molecule has 0 aromatic rings. The lowest BCUT2D eigenvalue weighted by Gasteiger charge is -2.33. The van der Waals surface area contributed by atoms with Crippen molar-refractivity contribution in [1.29, 1.82) is 0 Å². The number of halogens is 3. The van der Waals surface area contributed by atoms with E-state index in [1.807, 2.05) is 0 Å². The number of piperidine rings is 1. The number of nitrogens with zero attached hydrogens (tertiary/aromatic N) is 1. The third-order valence-corrected chi connectivity index (χ3v) is 3.08. The van der Waals surface area contributed by atoms with Gasteiger partial charge in [0.15, 0.2) is 0 Å². The number of hydrogen-bond donors (Lipinski definition) is 1. The van der Waals surface area contributed by atoms with Gasteiger partial charge in [0.1, 0.15) is 0 Å². The van der Waals surface area contributed by atoms with E-state index < -0.39 is 19.0 Å². The lowest BCUT2D eigenvalue weighted by molar-refractivity contribution is -0.149. The maximum Gasteiger partial charge on any atom is 0.389 e. The van der Waals surface area contributed by atoms with Crippen LogP contribution in [-0.2, 0) is 4.79 Å². The predicted octanol–water partition coefficient (Wildman–Crippen LogP) is 2.32. The summed E-state index contributed by atoms with van der Waals surface area (Å²) in [5.41, 5.74) is 0. The molecular formula is C12H21F3N2O. The van der Waals surface area contributed by atoms with E-state index in [1.165, 1.54) is 0 Å². The summed E-state index contributed by atoms with van der Waals surface area (Å²) in [5, 5.41) is 3.31. The summed E-state index contributed by atoms with van der Waals surface area (Å²) in [4.78, 5) is 13.2. The van der Waals surface area contributed by atoms with Crippen molar-refractivity contribution in [2.24, 2.45) is 0 Å². The van der Waals surface area contributed by atoms with Crippen LogP contribution in [0.25, 0.3) is 0 Å². The normalized spacial score (nSPS) is 21.1. The Morgan fingerprint density at radius 3 is 2.78 bits per heavy atom. The topological polar surface area (TPSA) is 32.3 Å². The zero-order chi connectivity index (χ0) is 13.6. The summed E-state index contributed by atoms with van der Waals surface area (Å²) in [5.74, 6) is -0.379. The first-order valence-electron chi connectivity index (χ1n) is 6.50. The first-order valence-corrected chi connectivity index (χ1v) is 6.50. The van der Waals surface area contributed by atoms with E-state index in [2.05, 4.69) is 12.2 Å². The SMILES string of the molecule is CCCNC1CCCN(C(=O)CCC(F)(F)F)C1. The molecular weight excluding hydrogens is 245 g/mol. The van der Waals surface area contributed by atoms with E-state index in [9.17, 15) is 18.0 Å². The molecule has 1 rings (SSSR count). The smallest absolute Gasteiger partial charge is 0.341 e. The fourth-order valence-corrected chi connectivity index (χ4v) is 2.13. The molecule has 1 amide bonds. The molecule has 1 unspecified atom stereocenters. The molecule has 6 heteroatoms. The summed E-state index contributed by atoms with van der Waals surface area (Å²) in [7, 11) is 0. The van der Waals surface area contributed by atoms with Gasteiger partial charge in [-0.05, 0) is 25.8 Å². The summed E-state index contributed by atoms with van der Waals surface area (Å²) >= 11 is 0. The number of hydrogen-bond acceptors (Lipinski definition) is 2. The maximum absolute atomic E-state index is 12.0. The zero-order valence-corrected chi connectivity index (χ0v) is 10.7. The Bertz CT molecular complexity index is 269. The highest BCUT2D eigenvalue weighted by Gasteiger charge is 2.30. The second-order valence-electron chi connectivity index (χ2n) is 4.75. The fraction of sp³-hybridized carbons (Fsp3) is 0.917. The van der Waals surface area contributed by atoms with Gasteiger partial charge in [-0.15, -0.1) is 0 Å². The van der Waals surface area contributed by atoms with Crippen LogP contribution in [0.5, 0.6) is 0 Å². The van der Waals surface area contributed by atoms with Crippen LogP contribution in [0.15, 0.2) is 0 Å². The average Bonchev–Trinajstić information content (AvgIpc) is 2.33. The molecule has 1 saturated heterocycles. The molecule has 0 aromatic carbocycles. The largest absolute Gasteiger partial charge is 0.389 e. The Kier molecular flexibility index (Phi) is 5.91. The monoisotopic (exact) mass is 266 g/mol. The van der Waals surface area contributed by atoms with Crippen molar-refractivity contribution in [1.82, 2.24) is 10.2 Å². The van der Waals surface area contributed by atoms with E-state index in [4.69, 9.17) is 0 Å². The van der Waals surface area contributed by atoms with Gasteiger partial charge in [0, 0.05) is 25.6 Å². The molecule has 18 heavy (non-hydrogen) atoms. The molecule has 0 radical (unpaired) electrons. The molecule has 1 fully saturated rings. The summed E-state index contributed by atoms with van der Waals surface area (Å²) in [6.07, 6.45) is -2.83. The van der Waals surface area contributed by atoms with E-state index in [0.717, 1.165) is 25.8 Å². The third-order valence-electron chi connectivity index (χ3n) is 3.08. The van der Waals surface area contributed by atoms with Gasteiger partial charge >= 0.3 is 6.18 Å². The van der Waals surface area contributed by atoms with Crippen LogP contribution < -0.4 is 5.32 Å². The van der Waals surface area contributed by atoms with Crippen LogP contribution in [0.3, 0.4) is 0 Å². The minimum absolute atomic E-state index is 0.230. The number of alkyl halides is 3. The molecule has 1 atom stereocenters. The second kappa shape index (κ2) is 6.97. The van der Waals surface area contributed by atoms with Crippen molar-refractivity contribution in [3.8, 4) is 0 Å². The molecule has 0 aliphatic carbocycles. The van der Waals surface area contributed by atoms with E-state index in [-0.39, 0.29) is 11.9 Å². The lowest BCUT2D eigenvalue weighted by Crippen LogP contribution is -2.48. The Hall–Kier alpha value is -0.780. The van der Waals surface area contributed by atoms with Gasteiger partial charge in [-0.1, -0.05) is 6.92 Å². The number of rotatable bonds is 5. The lowest BCUT2D eigenvalue weighted by atomic mass is 10.0. The zero-order valence-electron chi connectivity index (χ0n) is 10.7. The molecule has 1 aliphatic heterocycles. The maximum atomic E-state index is 12.0. The van der Waals surface area contributed by atoms with Crippen LogP contribution in [0.4, 0.5) is 13.2 Å². The Morgan fingerprint density at radius 1 is 1.44 bits per heavy atom. The van der Waals surface area contributed by atoms with Crippen molar-refractivity contribution in [2.45, 2.75) is 51.2 Å². The fourth-order valence-electron chi connectivity index (χ4n) is 2.13. The molecule has 0 aromatic heterocycles. The molecule has 0 saturated carbocycles. The van der Waals surface area contributed by atoms with E-state index in [0.29, 0.717) is 13.1 Å². The van der Waals surface area contributed by atoms with Crippen LogP contribution in [0.1, 0.15) is 39.0 Å². The summed E-state index contributed by atoms with van der Waals surface area (Å²) in [6.45, 7) is 4.06. The minimum Gasteiger partial charge on any atom is -0.341 e. The van der Waals surface area contributed by atoms with E-state index in [1.54, 1.807) is 4.90 Å². The first-order chi connectivity index (χ1) is 8.42. The first kappa shape index (κ1) is 15.3. The quantitative estimate of drug-likeness (QED) is 0.828. The Balaban J connectivity index is 2.34. The van der Waals surface area contributed by atoms with Gasteiger partial charge in [-0.2, -0.15) is 13.2 Å². The van der Waals surface area contributed by atoms with Gasteiger partial charge in [-0.3, -0.25) is 4.79 Å². The van der Waals surface area contributed by atoms with Crippen molar-refractivity contribution in [3.63, 3.8) is 0 Å². The van der Waals surface area contributed by atoms with Crippen LogP contribution >= 0.6 is 0 Å². The predicted molar refractivity (Wildman–Crippen MR) is 63.2 cm³/mol. The van der Waals surface area contributed by atoms with Crippen molar-refractivity contribution < 1.29 is 18.0 Å².